The van der Waals surface area contributed by atoms with Crippen molar-refractivity contribution in [3.8, 4) is 0 Å². The minimum Gasteiger partial charge on any atom is -0.449 e. The summed E-state index contributed by atoms with van der Waals surface area (Å²) >= 11 is 0. The maximum absolute atomic E-state index is 12.8. The third kappa shape index (κ3) is 3.93. The molecule has 1 atom stereocenters. The van der Waals surface area contributed by atoms with Gasteiger partial charge >= 0.3 is 5.97 Å². The Morgan fingerprint density at radius 1 is 1.14 bits per heavy atom. The second kappa shape index (κ2) is 8.54. The normalized spacial score (nSPS) is 18.0. The quantitative estimate of drug-likeness (QED) is 0.599. The molecule has 1 aliphatic carbocycles. The van der Waals surface area contributed by atoms with Crippen molar-refractivity contribution in [1.29, 1.82) is 0 Å². The number of carbonyl (C=O) groups excluding carboxylic acids is 4. The molecule has 1 aromatic rings. The number of benzene rings is 1. The van der Waals surface area contributed by atoms with Crippen molar-refractivity contribution in [2.45, 2.75) is 64.5 Å². The molecule has 0 bridgehead atoms. The lowest BCUT2D eigenvalue weighted by molar-refractivity contribution is -0.129. The van der Waals surface area contributed by atoms with E-state index < -0.39 is 12.1 Å². The number of hydrogen-bond donors (Lipinski definition) is 1. The molecule has 0 saturated heterocycles. The summed E-state index contributed by atoms with van der Waals surface area (Å²) < 4.78 is 5.20. The van der Waals surface area contributed by atoms with Gasteiger partial charge in [-0.1, -0.05) is 26.2 Å². The second-order valence-electron chi connectivity index (χ2n) is 7.37. The Balaban J connectivity index is 1.73. The van der Waals surface area contributed by atoms with Crippen molar-refractivity contribution in [3.05, 3.63) is 34.9 Å². The molecule has 1 heterocycles. The molecular formula is C21H26N2O5. The summed E-state index contributed by atoms with van der Waals surface area (Å²) in [5, 5.41) is 2.66. The van der Waals surface area contributed by atoms with E-state index in [0.29, 0.717) is 12.1 Å². The summed E-state index contributed by atoms with van der Waals surface area (Å²) in [4.78, 5) is 51.1. The highest BCUT2D eigenvalue weighted by molar-refractivity contribution is 6.22. The third-order valence-electron chi connectivity index (χ3n) is 5.30. The van der Waals surface area contributed by atoms with Crippen LogP contribution in [0.2, 0.25) is 0 Å². The fourth-order valence-corrected chi connectivity index (χ4v) is 3.73. The van der Waals surface area contributed by atoms with Crippen molar-refractivity contribution in [2.75, 3.05) is 6.54 Å². The molecule has 0 radical (unpaired) electrons. The Morgan fingerprint density at radius 2 is 1.82 bits per heavy atom. The van der Waals surface area contributed by atoms with Gasteiger partial charge in [-0.25, -0.2) is 4.79 Å². The molecule has 1 saturated carbocycles. The summed E-state index contributed by atoms with van der Waals surface area (Å²) in [5.74, 6) is -1.71. The van der Waals surface area contributed by atoms with Gasteiger partial charge in [0, 0.05) is 12.6 Å². The van der Waals surface area contributed by atoms with Gasteiger partial charge in [0.25, 0.3) is 17.7 Å². The van der Waals surface area contributed by atoms with Crippen molar-refractivity contribution >= 4 is 23.7 Å². The van der Waals surface area contributed by atoms with E-state index in [1.807, 2.05) is 6.92 Å². The third-order valence-corrected chi connectivity index (χ3v) is 5.30. The van der Waals surface area contributed by atoms with E-state index in [2.05, 4.69) is 5.32 Å². The van der Waals surface area contributed by atoms with E-state index in [4.69, 9.17) is 4.74 Å². The van der Waals surface area contributed by atoms with Crippen LogP contribution in [0.1, 0.15) is 83.4 Å². The first-order valence-corrected chi connectivity index (χ1v) is 9.94. The molecule has 3 amide bonds. The van der Waals surface area contributed by atoms with Crippen molar-refractivity contribution in [1.82, 2.24) is 10.2 Å². The van der Waals surface area contributed by atoms with Gasteiger partial charge in [-0.05, 0) is 44.4 Å². The number of nitrogens with one attached hydrogen (secondary N) is 1. The highest BCUT2D eigenvalue weighted by atomic mass is 16.5. The molecule has 1 aliphatic heterocycles. The fourth-order valence-electron chi connectivity index (χ4n) is 3.73. The van der Waals surface area contributed by atoms with Crippen molar-refractivity contribution in [2.24, 2.45) is 0 Å². The topological polar surface area (TPSA) is 92.8 Å². The molecule has 0 aromatic heterocycles. The van der Waals surface area contributed by atoms with Gasteiger partial charge in [-0.3, -0.25) is 19.3 Å². The maximum atomic E-state index is 12.8. The molecule has 28 heavy (non-hydrogen) atoms. The summed E-state index contributed by atoms with van der Waals surface area (Å²) in [5.41, 5.74) is 0.703. The number of carbonyl (C=O) groups is 4. The van der Waals surface area contributed by atoms with Crippen LogP contribution in [0, 0.1) is 0 Å². The zero-order valence-corrected chi connectivity index (χ0v) is 16.3. The molecule has 2 aliphatic rings. The first-order valence-electron chi connectivity index (χ1n) is 9.94. The van der Waals surface area contributed by atoms with Crippen LogP contribution < -0.4 is 5.32 Å². The monoisotopic (exact) mass is 386 g/mol. The predicted molar refractivity (Wildman–Crippen MR) is 102 cm³/mol. The first-order chi connectivity index (χ1) is 13.4. The van der Waals surface area contributed by atoms with E-state index in [1.54, 1.807) is 0 Å². The minimum atomic E-state index is -0.941. The average Bonchev–Trinajstić information content (AvgIpc) is 2.96. The zero-order chi connectivity index (χ0) is 20.3. The van der Waals surface area contributed by atoms with Gasteiger partial charge in [0.2, 0.25) is 0 Å². The van der Waals surface area contributed by atoms with Gasteiger partial charge in [0.15, 0.2) is 6.10 Å². The Morgan fingerprint density at radius 3 is 2.50 bits per heavy atom. The second-order valence-corrected chi connectivity index (χ2v) is 7.37. The van der Waals surface area contributed by atoms with Gasteiger partial charge in [0.1, 0.15) is 0 Å². The molecule has 7 heteroatoms. The summed E-state index contributed by atoms with van der Waals surface area (Å²) in [6.07, 6.45) is 4.63. The molecule has 1 N–H and O–H groups in total. The summed E-state index contributed by atoms with van der Waals surface area (Å²) in [6.45, 7) is 3.93. The molecule has 7 nitrogen and oxygen atoms in total. The number of nitrogens with zero attached hydrogens (tertiary/aromatic N) is 1. The molecule has 0 spiro atoms. The van der Waals surface area contributed by atoms with E-state index in [0.717, 1.165) is 38.5 Å². The number of amides is 3. The lowest BCUT2D eigenvalue weighted by atomic mass is 9.94. The summed E-state index contributed by atoms with van der Waals surface area (Å²) in [7, 11) is 0. The predicted octanol–water partition coefficient (Wildman–Crippen LogP) is 2.69. The minimum absolute atomic E-state index is 0.0705. The first kappa shape index (κ1) is 20.0. The van der Waals surface area contributed by atoms with Gasteiger partial charge in [0.05, 0.1) is 16.7 Å². The van der Waals surface area contributed by atoms with Gasteiger partial charge in [-0.15, -0.1) is 0 Å². The number of hydrogen-bond acceptors (Lipinski definition) is 5. The van der Waals surface area contributed by atoms with Gasteiger partial charge in [-0.2, -0.15) is 0 Å². The van der Waals surface area contributed by atoms with Crippen LogP contribution in [-0.4, -0.2) is 47.3 Å². The van der Waals surface area contributed by atoms with Crippen LogP contribution in [0.4, 0.5) is 0 Å². The van der Waals surface area contributed by atoms with Crippen molar-refractivity contribution in [3.63, 3.8) is 0 Å². The number of imide groups is 1. The number of esters is 1. The molecule has 3 rings (SSSR count). The highest BCUT2D eigenvalue weighted by Gasteiger charge is 2.40. The van der Waals surface area contributed by atoms with Crippen LogP contribution in [-0.2, 0) is 9.53 Å². The number of ether oxygens (including phenoxy) is 1. The average molecular weight is 386 g/mol. The summed E-state index contributed by atoms with van der Waals surface area (Å²) in [6, 6.07) is 4.29. The standard InChI is InChI=1S/C21H26N2O5/c1-3-11-22-18(24)13(2)28-21(27)14-9-10-16-17(12-14)20(26)23(19(16)25)15-7-5-4-6-8-15/h9-10,12-13,15H,3-8,11H2,1-2H3,(H,22,24)/t13-/m1/s1. The molecule has 150 valence electrons. The lowest BCUT2D eigenvalue weighted by Gasteiger charge is -2.29. The lowest BCUT2D eigenvalue weighted by Crippen LogP contribution is -2.40. The molecule has 0 unspecified atom stereocenters. The van der Waals surface area contributed by atoms with Crippen LogP contribution in [0.25, 0.3) is 0 Å². The zero-order valence-electron chi connectivity index (χ0n) is 16.3. The van der Waals surface area contributed by atoms with E-state index in [9.17, 15) is 19.2 Å². The fraction of sp³-hybridized carbons (Fsp3) is 0.524. The highest BCUT2D eigenvalue weighted by Crippen LogP contribution is 2.31. The smallest absolute Gasteiger partial charge is 0.338 e. The Hall–Kier alpha value is -2.70. The Kier molecular flexibility index (Phi) is 6.11. The van der Waals surface area contributed by atoms with E-state index >= 15 is 0 Å². The van der Waals surface area contributed by atoms with Crippen LogP contribution in [0.5, 0.6) is 0 Å². The van der Waals surface area contributed by atoms with E-state index in [1.165, 1.54) is 30.0 Å². The SMILES string of the molecule is CCCNC(=O)[C@@H](C)OC(=O)c1ccc2c(c1)C(=O)N(C1CCCCC1)C2=O. The number of fused-ring (bicyclic) bond motifs is 1. The maximum Gasteiger partial charge on any atom is 0.338 e. The largest absolute Gasteiger partial charge is 0.449 e. The van der Waals surface area contributed by atoms with Crippen molar-refractivity contribution < 1.29 is 23.9 Å². The van der Waals surface area contributed by atoms with Crippen LogP contribution in [0.15, 0.2) is 18.2 Å². The van der Waals surface area contributed by atoms with Gasteiger partial charge < -0.3 is 10.1 Å². The molecule has 1 fully saturated rings. The van der Waals surface area contributed by atoms with Crippen LogP contribution >= 0.6 is 0 Å². The Labute approximate surface area is 164 Å². The van der Waals surface area contributed by atoms with Crippen LogP contribution in [0.3, 0.4) is 0 Å². The van der Waals surface area contributed by atoms with E-state index in [-0.39, 0.29) is 34.9 Å². The molecular weight excluding hydrogens is 360 g/mol. The molecule has 1 aromatic carbocycles. The number of rotatable bonds is 6. The Bertz CT molecular complexity index is 798.